The third-order valence-corrected chi connectivity index (χ3v) is 7.91. The first-order valence-electron chi connectivity index (χ1n) is 10.3. The largest absolute Gasteiger partial charge is 0.322 e. The van der Waals surface area contributed by atoms with E-state index in [1.165, 1.54) is 25.2 Å². The second kappa shape index (κ2) is 9.47. The topological polar surface area (TPSA) is 113 Å². The number of amides is 1. The van der Waals surface area contributed by atoms with Crippen LogP contribution in [0.2, 0.25) is 0 Å². The summed E-state index contributed by atoms with van der Waals surface area (Å²) >= 11 is 0. The second-order valence-electron chi connectivity index (χ2n) is 8.20. The standard InChI is InChI=1S/C24H27N3O5S2/c1-16-11-17(2)13-21(12-16)26-34(31,32)23-14-19(10-9-18(23)3)24(28)25-20-7-6-8-22(15-20)27(4)33(5,29)30/h6-15,26H,1-5H3,(H,25,28). The minimum absolute atomic E-state index is 0.00938. The van der Waals surface area contributed by atoms with Gasteiger partial charge in [0.2, 0.25) is 10.0 Å². The van der Waals surface area contributed by atoms with Gasteiger partial charge in [0.15, 0.2) is 0 Å². The Morgan fingerprint density at radius 2 is 1.47 bits per heavy atom. The Morgan fingerprint density at radius 3 is 2.09 bits per heavy atom. The predicted octanol–water partition coefficient (Wildman–Crippen LogP) is 4.06. The molecule has 0 aromatic heterocycles. The van der Waals surface area contributed by atoms with Gasteiger partial charge in [0, 0.05) is 24.0 Å². The molecule has 180 valence electrons. The van der Waals surface area contributed by atoms with Gasteiger partial charge in [0.1, 0.15) is 0 Å². The predicted molar refractivity (Wildman–Crippen MR) is 136 cm³/mol. The number of benzene rings is 3. The average molecular weight is 502 g/mol. The van der Waals surface area contributed by atoms with Gasteiger partial charge in [0.05, 0.1) is 16.8 Å². The number of hydrogen-bond donors (Lipinski definition) is 2. The summed E-state index contributed by atoms with van der Waals surface area (Å²) in [4.78, 5) is 12.9. The van der Waals surface area contributed by atoms with Crippen LogP contribution in [0, 0.1) is 20.8 Å². The summed E-state index contributed by atoms with van der Waals surface area (Å²) in [5, 5.41) is 2.69. The lowest BCUT2D eigenvalue weighted by Gasteiger charge is -2.17. The van der Waals surface area contributed by atoms with Gasteiger partial charge in [-0.15, -0.1) is 0 Å². The van der Waals surface area contributed by atoms with Crippen molar-refractivity contribution in [2.75, 3.05) is 27.6 Å². The molecule has 0 spiro atoms. The van der Waals surface area contributed by atoms with E-state index in [0.717, 1.165) is 21.7 Å². The van der Waals surface area contributed by atoms with Crippen LogP contribution in [-0.2, 0) is 20.0 Å². The van der Waals surface area contributed by atoms with Crippen molar-refractivity contribution < 1.29 is 21.6 Å². The van der Waals surface area contributed by atoms with Crippen LogP contribution in [0.25, 0.3) is 0 Å². The minimum atomic E-state index is -3.94. The van der Waals surface area contributed by atoms with Gasteiger partial charge < -0.3 is 5.32 Å². The van der Waals surface area contributed by atoms with Crippen LogP contribution in [0.4, 0.5) is 17.1 Å². The van der Waals surface area contributed by atoms with E-state index < -0.39 is 26.0 Å². The Labute approximate surface area is 200 Å². The Bertz CT molecular complexity index is 1450. The zero-order chi connectivity index (χ0) is 25.3. The molecule has 0 aliphatic heterocycles. The average Bonchev–Trinajstić information content (AvgIpc) is 2.71. The van der Waals surface area contributed by atoms with E-state index in [0.29, 0.717) is 22.6 Å². The first-order valence-corrected chi connectivity index (χ1v) is 13.7. The molecule has 3 aromatic rings. The molecule has 0 fully saturated rings. The highest BCUT2D eigenvalue weighted by Gasteiger charge is 2.20. The highest BCUT2D eigenvalue weighted by atomic mass is 32.2. The number of anilines is 3. The zero-order valence-electron chi connectivity index (χ0n) is 19.6. The zero-order valence-corrected chi connectivity index (χ0v) is 21.2. The third kappa shape index (κ3) is 5.95. The minimum Gasteiger partial charge on any atom is -0.322 e. The van der Waals surface area contributed by atoms with Crippen LogP contribution in [-0.4, -0.2) is 36.0 Å². The molecule has 0 saturated heterocycles. The van der Waals surface area contributed by atoms with E-state index in [-0.39, 0.29) is 10.5 Å². The summed E-state index contributed by atoms with van der Waals surface area (Å²) < 4.78 is 53.4. The Morgan fingerprint density at radius 1 is 0.824 bits per heavy atom. The Kier molecular flexibility index (Phi) is 7.04. The lowest BCUT2D eigenvalue weighted by molar-refractivity contribution is 0.102. The number of rotatable bonds is 7. The molecule has 3 rings (SSSR count). The first-order chi connectivity index (χ1) is 15.8. The van der Waals surface area contributed by atoms with Crippen LogP contribution in [0.15, 0.2) is 65.6 Å². The number of nitrogens with zero attached hydrogens (tertiary/aromatic N) is 1. The fourth-order valence-electron chi connectivity index (χ4n) is 3.45. The summed E-state index contributed by atoms with van der Waals surface area (Å²) in [6.07, 6.45) is 1.08. The fraction of sp³-hybridized carbons (Fsp3) is 0.208. The van der Waals surface area contributed by atoms with Crippen LogP contribution >= 0.6 is 0 Å². The van der Waals surface area contributed by atoms with Crippen LogP contribution in [0.3, 0.4) is 0 Å². The molecule has 0 unspecified atom stereocenters. The molecule has 2 N–H and O–H groups in total. The summed E-state index contributed by atoms with van der Waals surface area (Å²) in [5.41, 5.74) is 3.68. The number of hydrogen-bond acceptors (Lipinski definition) is 5. The van der Waals surface area contributed by atoms with E-state index >= 15 is 0 Å². The molecular formula is C24H27N3O5S2. The highest BCUT2D eigenvalue weighted by molar-refractivity contribution is 7.92. The van der Waals surface area contributed by atoms with Crippen molar-refractivity contribution in [3.63, 3.8) is 0 Å². The van der Waals surface area contributed by atoms with Crippen LogP contribution in [0.1, 0.15) is 27.0 Å². The molecule has 0 aliphatic carbocycles. The molecule has 3 aromatic carbocycles. The molecule has 0 saturated carbocycles. The van der Waals surface area contributed by atoms with E-state index in [1.807, 2.05) is 19.9 Å². The molecular weight excluding hydrogens is 474 g/mol. The SMILES string of the molecule is Cc1cc(C)cc(NS(=O)(=O)c2cc(C(=O)Nc3cccc(N(C)S(C)(=O)=O)c3)ccc2C)c1. The molecule has 34 heavy (non-hydrogen) atoms. The van der Waals surface area contributed by atoms with Gasteiger partial charge in [0.25, 0.3) is 15.9 Å². The van der Waals surface area contributed by atoms with E-state index in [9.17, 15) is 21.6 Å². The van der Waals surface area contributed by atoms with Gasteiger partial charge in [-0.3, -0.25) is 13.8 Å². The normalized spacial score (nSPS) is 11.7. The van der Waals surface area contributed by atoms with Crippen LogP contribution < -0.4 is 14.3 Å². The molecule has 0 aliphatic rings. The van der Waals surface area contributed by atoms with E-state index in [2.05, 4.69) is 10.0 Å². The van der Waals surface area contributed by atoms with Crippen molar-refractivity contribution in [2.24, 2.45) is 0 Å². The number of nitrogens with one attached hydrogen (secondary N) is 2. The maximum atomic E-state index is 13.1. The molecule has 1 amide bonds. The summed E-state index contributed by atoms with van der Waals surface area (Å²) in [5.74, 6) is -0.526. The number of sulfonamides is 2. The number of aryl methyl sites for hydroxylation is 3. The lowest BCUT2D eigenvalue weighted by Crippen LogP contribution is -2.25. The summed E-state index contributed by atoms with van der Waals surface area (Å²) in [7, 11) is -6.00. The molecule has 0 radical (unpaired) electrons. The quantitative estimate of drug-likeness (QED) is 0.507. The van der Waals surface area contributed by atoms with E-state index in [4.69, 9.17) is 0 Å². The summed E-state index contributed by atoms with van der Waals surface area (Å²) in [6.45, 7) is 5.41. The van der Waals surface area contributed by atoms with Gasteiger partial charge in [-0.2, -0.15) is 0 Å². The van der Waals surface area contributed by atoms with Crippen molar-refractivity contribution in [3.05, 3.63) is 82.9 Å². The number of carbonyl (C=O) groups is 1. The van der Waals surface area contributed by atoms with E-state index in [1.54, 1.807) is 43.3 Å². The summed E-state index contributed by atoms with van der Waals surface area (Å²) in [6, 6.07) is 16.2. The van der Waals surface area contributed by atoms with Gasteiger partial charge >= 0.3 is 0 Å². The van der Waals surface area contributed by atoms with Crippen LogP contribution in [0.5, 0.6) is 0 Å². The van der Waals surface area contributed by atoms with Crippen molar-refractivity contribution in [2.45, 2.75) is 25.7 Å². The number of carbonyl (C=O) groups excluding carboxylic acids is 1. The molecule has 0 bridgehead atoms. The van der Waals surface area contributed by atoms with Crippen molar-refractivity contribution in [1.29, 1.82) is 0 Å². The van der Waals surface area contributed by atoms with Gasteiger partial charge in [-0.05, 0) is 79.9 Å². The molecule has 10 heteroatoms. The first kappa shape index (κ1) is 25.3. The Hall–Kier alpha value is -3.37. The van der Waals surface area contributed by atoms with Gasteiger partial charge in [-0.1, -0.05) is 18.2 Å². The highest BCUT2D eigenvalue weighted by Crippen LogP contribution is 2.24. The third-order valence-electron chi connectivity index (χ3n) is 5.18. The van der Waals surface area contributed by atoms with Crippen molar-refractivity contribution >= 4 is 43.0 Å². The van der Waals surface area contributed by atoms with Crippen molar-refractivity contribution in [3.8, 4) is 0 Å². The lowest BCUT2D eigenvalue weighted by atomic mass is 10.1. The maximum Gasteiger partial charge on any atom is 0.262 e. The van der Waals surface area contributed by atoms with Gasteiger partial charge in [-0.25, -0.2) is 16.8 Å². The monoisotopic (exact) mass is 501 g/mol. The fourth-order valence-corrected chi connectivity index (χ4v) is 5.26. The second-order valence-corrected chi connectivity index (χ2v) is 11.9. The molecule has 8 nitrogen and oxygen atoms in total. The maximum absolute atomic E-state index is 13.1. The molecule has 0 heterocycles. The molecule has 0 atom stereocenters. The van der Waals surface area contributed by atoms with Crippen molar-refractivity contribution in [1.82, 2.24) is 0 Å². The Balaban J connectivity index is 1.88. The smallest absolute Gasteiger partial charge is 0.262 e.